The number of halogens is 1. The van der Waals surface area contributed by atoms with Gasteiger partial charge in [-0.05, 0) is 37.3 Å². The fraction of sp³-hybridized carbons (Fsp3) is 0.125. The molecule has 2 N–H and O–H groups in total. The number of ether oxygens (including phenoxy) is 1. The molecule has 2 aromatic carbocycles. The Balaban J connectivity index is 1.82. The van der Waals surface area contributed by atoms with Crippen molar-refractivity contribution in [1.29, 1.82) is 0 Å². The van der Waals surface area contributed by atoms with Crippen molar-refractivity contribution in [3.8, 4) is 5.75 Å². The molecule has 112 valence electrons. The van der Waals surface area contributed by atoms with Crippen LogP contribution in [0.1, 0.15) is 17.3 Å². The number of carbonyl (C=O) groups is 2. The van der Waals surface area contributed by atoms with Gasteiger partial charge >= 0.3 is 0 Å². The van der Waals surface area contributed by atoms with E-state index >= 15 is 0 Å². The molecule has 1 heterocycles. The van der Waals surface area contributed by atoms with Gasteiger partial charge in [0.2, 0.25) is 0 Å². The van der Waals surface area contributed by atoms with E-state index in [4.69, 9.17) is 4.74 Å². The molecule has 2 aromatic rings. The van der Waals surface area contributed by atoms with Crippen molar-refractivity contribution in [3.05, 3.63) is 53.8 Å². The molecule has 0 saturated heterocycles. The van der Waals surface area contributed by atoms with E-state index in [0.717, 1.165) is 0 Å². The summed E-state index contributed by atoms with van der Waals surface area (Å²) < 4.78 is 19.0. The van der Waals surface area contributed by atoms with Crippen molar-refractivity contribution in [1.82, 2.24) is 0 Å². The van der Waals surface area contributed by atoms with Crippen LogP contribution in [-0.2, 0) is 4.79 Å². The standard InChI is InChI=1S/C16H13FN2O3/c1-9-15(20)19-13-8-10(6-7-14(13)22-9)18-16(21)11-4-2-3-5-12(11)17/h2-9H,1H3,(H,18,21)(H,19,20). The maximum Gasteiger partial charge on any atom is 0.265 e. The first-order valence-corrected chi connectivity index (χ1v) is 6.72. The van der Waals surface area contributed by atoms with Crippen molar-refractivity contribution < 1.29 is 18.7 Å². The van der Waals surface area contributed by atoms with Gasteiger partial charge in [-0.15, -0.1) is 0 Å². The molecule has 0 fully saturated rings. The monoisotopic (exact) mass is 300 g/mol. The van der Waals surface area contributed by atoms with Crippen LogP contribution in [0.2, 0.25) is 0 Å². The fourth-order valence-electron chi connectivity index (χ4n) is 2.13. The van der Waals surface area contributed by atoms with Gasteiger partial charge in [0, 0.05) is 5.69 Å². The van der Waals surface area contributed by atoms with Crippen molar-refractivity contribution in [2.45, 2.75) is 13.0 Å². The molecule has 1 aliphatic heterocycles. The number of hydrogen-bond acceptors (Lipinski definition) is 3. The van der Waals surface area contributed by atoms with E-state index in [1.54, 1.807) is 31.2 Å². The topological polar surface area (TPSA) is 67.4 Å². The van der Waals surface area contributed by atoms with Crippen molar-refractivity contribution in [3.63, 3.8) is 0 Å². The summed E-state index contributed by atoms with van der Waals surface area (Å²) in [6.07, 6.45) is -0.564. The highest BCUT2D eigenvalue weighted by molar-refractivity contribution is 6.05. The average molecular weight is 300 g/mol. The minimum atomic E-state index is -0.594. The van der Waals surface area contributed by atoms with Crippen molar-refractivity contribution in [2.75, 3.05) is 10.6 Å². The zero-order chi connectivity index (χ0) is 15.7. The molecule has 1 atom stereocenters. The van der Waals surface area contributed by atoms with Gasteiger partial charge in [-0.1, -0.05) is 12.1 Å². The zero-order valence-electron chi connectivity index (χ0n) is 11.7. The third kappa shape index (κ3) is 2.63. The van der Waals surface area contributed by atoms with Crippen LogP contribution in [0.25, 0.3) is 0 Å². The van der Waals surface area contributed by atoms with Crippen LogP contribution in [0.4, 0.5) is 15.8 Å². The van der Waals surface area contributed by atoms with Gasteiger partial charge in [0.05, 0.1) is 11.3 Å². The van der Waals surface area contributed by atoms with E-state index in [1.165, 1.54) is 18.2 Å². The normalized spacial score (nSPS) is 16.3. The summed E-state index contributed by atoms with van der Waals surface area (Å²) in [7, 11) is 0. The molecule has 0 spiro atoms. The van der Waals surface area contributed by atoms with Crippen molar-refractivity contribution >= 4 is 23.2 Å². The summed E-state index contributed by atoms with van der Waals surface area (Å²) in [5, 5.41) is 5.27. The molecule has 6 heteroatoms. The van der Waals surface area contributed by atoms with Crippen LogP contribution < -0.4 is 15.4 Å². The second-order valence-corrected chi connectivity index (χ2v) is 4.89. The number of amides is 2. The van der Waals surface area contributed by atoms with Crippen LogP contribution >= 0.6 is 0 Å². The molecule has 0 saturated carbocycles. The van der Waals surface area contributed by atoms with Gasteiger partial charge in [-0.25, -0.2) is 4.39 Å². The first-order chi connectivity index (χ1) is 10.5. The second-order valence-electron chi connectivity index (χ2n) is 4.89. The second kappa shape index (κ2) is 5.48. The number of nitrogens with one attached hydrogen (secondary N) is 2. The maximum atomic E-state index is 13.6. The van der Waals surface area contributed by atoms with Crippen LogP contribution in [0.3, 0.4) is 0 Å². The number of hydrogen-bond donors (Lipinski definition) is 2. The van der Waals surface area contributed by atoms with E-state index in [1.807, 2.05) is 0 Å². The lowest BCUT2D eigenvalue weighted by molar-refractivity contribution is -0.122. The Hall–Kier alpha value is -2.89. The van der Waals surface area contributed by atoms with Crippen molar-refractivity contribution in [2.24, 2.45) is 0 Å². The Morgan fingerprint density at radius 3 is 2.82 bits per heavy atom. The summed E-state index contributed by atoms with van der Waals surface area (Å²) in [5.74, 6) is -0.890. The number of anilines is 2. The van der Waals surface area contributed by atoms with Crippen LogP contribution in [0.15, 0.2) is 42.5 Å². The molecule has 0 radical (unpaired) electrons. The van der Waals surface area contributed by atoms with Gasteiger partial charge in [0.15, 0.2) is 6.10 Å². The first-order valence-electron chi connectivity index (χ1n) is 6.72. The molecule has 5 nitrogen and oxygen atoms in total. The largest absolute Gasteiger partial charge is 0.479 e. The minimum absolute atomic E-state index is 0.0471. The number of rotatable bonds is 2. The maximum absolute atomic E-state index is 13.6. The third-order valence-electron chi connectivity index (χ3n) is 3.29. The Labute approximate surface area is 126 Å². The van der Waals surface area contributed by atoms with E-state index in [0.29, 0.717) is 17.1 Å². The fourth-order valence-corrected chi connectivity index (χ4v) is 2.13. The van der Waals surface area contributed by atoms with Gasteiger partial charge in [0.1, 0.15) is 11.6 Å². The third-order valence-corrected chi connectivity index (χ3v) is 3.29. The van der Waals surface area contributed by atoms with E-state index in [2.05, 4.69) is 10.6 Å². The number of benzene rings is 2. The summed E-state index contributed by atoms with van der Waals surface area (Å²) in [6.45, 7) is 1.64. The summed E-state index contributed by atoms with van der Waals surface area (Å²) >= 11 is 0. The summed E-state index contributed by atoms with van der Waals surface area (Å²) in [5.41, 5.74) is 0.856. The van der Waals surface area contributed by atoms with E-state index < -0.39 is 17.8 Å². The predicted molar refractivity (Wildman–Crippen MR) is 79.5 cm³/mol. The average Bonchev–Trinajstić information content (AvgIpc) is 2.49. The molecule has 2 amide bonds. The first kappa shape index (κ1) is 14.1. The molecule has 0 aliphatic carbocycles. The van der Waals surface area contributed by atoms with Gasteiger partial charge < -0.3 is 15.4 Å². The smallest absolute Gasteiger partial charge is 0.265 e. The molecule has 0 aromatic heterocycles. The molecule has 3 rings (SSSR count). The highest BCUT2D eigenvalue weighted by Crippen LogP contribution is 2.32. The SMILES string of the molecule is CC1Oc2ccc(NC(=O)c3ccccc3F)cc2NC1=O. The predicted octanol–water partition coefficient (Wildman–Crippen LogP) is 2.80. The highest BCUT2D eigenvalue weighted by Gasteiger charge is 2.23. The number of fused-ring (bicyclic) bond motifs is 1. The zero-order valence-corrected chi connectivity index (χ0v) is 11.7. The Bertz CT molecular complexity index is 761. The Morgan fingerprint density at radius 2 is 2.05 bits per heavy atom. The Kier molecular flexibility index (Phi) is 3.50. The number of carbonyl (C=O) groups excluding carboxylic acids is 2. The lowest BCUT2D eigenvalue weighted by atomic mass is 10.1. The van der Waals surface area contributed by atoms with Crippen LogP contribution in [0.5, 0.6) is 5.75 Å². The van der Waals surface area contributed by atoms with Gasteiger partial charge in [-0.3, -0.25) is 9.59 Å². The Morgan fingerprint density at radius 1 is 1.27 bits per heavy atom. The quantitative estimate of drug-likeness (QED) is 0.896. The van der Waals surface area contributed by atoms with Crippen LogP contribution in [0, 0.1) is 5.82 Å². The van der Waals surface area contributed by atoms with Gasteiger partial charge in [0.25, 0.3) is 11.8 Å². The minimum Gasteiger partial charge on any atom is -0.479 e. The molecule has 0 bridgehead atoms. The molecular weight excluding hydrogens is 287 g/mol. The molecular formula is C16H13FN2O3. The van der Waals surface area contributed by atoms with Gasteiger partial charge in [-0.2, -0.15) is 0 Å². The lowest BCUT2D eigenvalue weighted by Gasteiger charge is -2.23. The molecule has 22 heavy (non-hydrogen) atoms. The van der Waals surface area contributed by atoms with E-state index in [-0.39, 0.29) is 11.5 Å². The molecule has 1 aliphatic rings. The summed E-state index contributed by atoms with van der Waals surface area (Å²) in [6, 6.07) is 10.5. The summed E-state index contributed by atoms with van der Waals surface area (Å²) in [4.78, 5) is 23.6. The lowest BCUT2D eigenvalue weighted by Crippen LogP contribution is -2.34. The van der Waals surface area contributed by atoms with E-state index in [9.17, 15) is 14.0 Å². The van der Waals surface area contributed by atoms with Crippen LogP contribution in [-0.4, -0.2) is 17.9 Å². The highest BCUT2D eigenvalue weighted by atomic mass is 19.1. The molecule has 1 unspecified atom stereocenters.